The van der Waals surface area contributed by atoms with E-state index in [0.29, 0.717) is 13.0 Å². The van der Waals surface area contributed by atoms with Crippen LogP contribution in [-0.2, 0) is 13.0 Å². The lowest BCUT2D eigenvalue weighted by molar-refractivity contribution is 0.167. The van der Waals surface area contributed by atoms with E-state index in [9.17, 15) is 9.50 Å². The van der Waals surface area contributed by atoms with E-state index in [1.54, 1.807) is 16.8 Å². The average Bonchev–Trinajstić information content (AvgIpc) is 2.80. The Morgan fingerprint density at radius 2 is 2.15 bits per heavy atom. The smallest absolute Gasteiger partial charge is 0.165 e. The van der Waals surface area contributed by atoms with Crippen LogP contribution >= 0.6 is 0 Å². The first-order valence-corrected chi connectivity index (χ1v) is 6.60. The third-order valence-electron chi connectivity index (χ3n) is 3.22. The van der Waals surface area contributed by atoms with Crippen molar-refractivity contribution in [1.82, 2.24) is 9.78 Å². The molecular formula is C15H19FN2O2. The Kier molecular flexibility index (Phi) is 4.39. The number of aryl methyl sites for hydroxylation is 2. The molecule has 1 unspecified atom stereocenters. The Bertz CT molecular complexity index is 596. The fraction of sp³-hybridized carbons (Fsp3) is 0.400. The number of nitrogens with zero attached hydrogens (tertiary/aromatic N) is 2. The van der Waals surface area contributed by atoms with Gasteiger partial charge >= 0.3 is 0 Å². The lowest BCUT2D eigenvalue weighted by Crippen LogP contribution is -2.10. The molecule has 0 aliphatic carbocycles. The van der Waals surface area contributed by atoms with Gasteiger partial charge in [0.25, 0.3) is 0 Å². The van der Waals surface area contributed by atoms with Gasteiger partial charge in [-0.15, -0.1) is 0 Å². The van der Waals surface area contributed by atoms with Crippen LogP contribution in [0.2, 0.25) is 0 Å². The second-order valence-electron chi connectivity index (χ2n) is 4.72. The zero-order valence-corrected chi connectivity index (χ0v) is 11.9. The summed E-state index contributed by atoms with van der Waals surface area (Å²) in [5, 5.41) is 14.6. The third kappa shape index (κ3) is 2.99. The Labute approximate surface area is 117 Å². The fourth-order valence-corrected chi connectivity index (χ4v) is 2.25. The minimum atomic E-state index is -0.705. The Hall–Kier alpha value is -1.88. The van der Waals surface area contributed by atoms with Crippen molar-refractivity contribution < 1.29 is 14.2 Å². The van der Waals surface area contributed by atoms with E-state index in [1.807, 2.05) is 19.9 Å². The number of hydrogen-bond donors (Lipinski definition) is 1. The zero-order valence-electron chi connectivity index (χ0n) is 11.9. The highest BCUT2D eigenvalue weighted by atomic mass is 19.1. The molecule has 1 N–H and O–H groups in total. The van der Waals surface area contributed by atoms with Gasteiger partial charge in [0.05, 0.1) is 24.6 Å². The zero-order chi connectivity index (χ0) is 14.7. The van der Waals surface area contributed by atoms with Gasteiger partial charge in [0.2, 0.25) is 0 Å². The molecule has 0 radical (unpaired) electrons. The van der Waals surface area contributed by atoms with Crippen LogP contribution in [0.15, 0.2) is 24.3 Å². The summed E-state index contributed by atoms with van der Waals surface area (Å²) in [7, 11) is 1.43. The lowest BCUT2D eigenvalue weighted by Gasteiger charge is -2.13. The minimum absolute atomic E-state index is 0.206. The van der Waals surface area contributed by atoms with E-state index in [-0.39, 0.29) is 5.75 Å². The summed E-state index contributed by atoms with van der Waals surface area (Å²) < 4.78 is 20.3. The topological polar surface area (TPSA) is 47.3 Å². The van der Waals surface area contributed by atoms with Crippen LogP contribution in [0.1, 0.15) is 30.0 Å². The van der Waals surface area contributed by atoms with E-state index in [0.717, 1.165) is 17.0 Å². The van der Waals surface area contributed by atoms with Crippen molar-refractivity contribution in [2.75, 3.05) is 7.11 Å². The molecule has 0 saturated carbocycles. The van der Waals surface area contributed by atoms with Gasteiger partial charge in [-0.1, -0.05) is 6.07 Å². The molecule has 2 rings (SSSR count). The van der Waals surface area contributed by atoms with Gasteiger partial charge in [-0.2, -0.15) is 5.10 Å². The van der Waals surface area contributed by atoms with Gasteiger partial charge in [-0.25, -0.2) is 4.39 Å². The largest absolute Gasteiger partial charge is 0.494 e. The Balaban J connectivity index is 2.18. The summed E-state index contributed by atoms with van der Waals surface area (Å²) in [5.74, 6) is -0.213. The molecule has 1 aromatic carbocycles. The van der Waals surface area contributed by atoms with E-state index in [2.05, 4.69) is 5.10 Å². The van der Waals surface area contributed by atoms with Gasteiger partial charge in [-0.05, 0) is 37.6 Å². The molecule has 1 atom stereocenters. The van der Waals surface area contributed by atoms with Crippen LogP contribution in [-0.4, -0.2) is 22.0 Å². The number of benzene rings is 1. The summed E-state index contributed by atoms with van der Waals surface area (Å²) in [6.45, 7) is 4.54. The summed E-state index contributed by atoms with van der Waals surface area (Å²) in [6.07, 6.45) is -0.365. The molecule has 0 spiro atoms. The molecule has 5 heteroatoms. The second kappa shape index (κ2) is 6.05. The molecule has 2 aromatic rings. The maximum Gasteiger partial charge on any atom is 0.165 e. The molecule has 0 bridgehead atoms. The van der Waals surface area contributed by atoms with E-state index in [4.69, 9.17) is 4.74 Å². The van der Waals surface area contributed by atoms with E-state index in [1.165, 1.54) is 13.2 Å². The van der Waals surface area contributed by atoms with Crippen LogP contribution in [0.4, 0.5) is 4.39 Å². The first-order valence-electron chi connectivity index (χ1n) is 6.60. The Morgan fingerprint density at radius 3 is 2.75 bits per heavy atom. The van der Waals surface area contributed by atoms with E-state index >= 15 is 0 Å². The first kappa shape index (κ1) is 14.5. The van der Waals surface area contributed by atoms with Crippen molar-refractivity contribution >= 4 is 0 Å². The fourth-order valence-electron chi connectivity index (χ4n) is 2.25. The number of hydrogen-bond acceptors (Lipinski definition) is 3. The molecule has 20 heavy (non-hydrogen) atoms. The number of methoxy groups -OCH3 is 1. The van der Waals surface area contributed by atoms with Crippen molar-refractivity contribution in [3.63, 3.8) is 0 Å². The monoisotopic (exact) mass is 278 g/mol. The maximum atomic E-state index is 13.6. The SMILES string of the molecule is CCn1nc(C)cc1C(O)Cc1ccc(OC)c(F)c1. The standard InChI is InChI=1S/C15H19FN2O2/c1-4-18-13(7-10(2)17-18)14(19)9-11-5-6-15(20-3)12(16)8-11/h5-8,14,19H,4,9H2,1-3H3. The van der Waals surface area contributed by atoms with E-state index < -0.39 is 11.9 Å². The molecule has 0 fully saturated rings. The molecular weight excluding hydrogens is 259 g/mol. The molecule has 0 aliphatic rings. The molecule has 1 heterocycles. The highest BCUT2D eigenvalue weighted by molar-refractivity contribution is 5.30. The highest BCUT2D eigenvalue weighted by Gasteiger charge is 2.15. The number of ether oxygens (including phenoxy) is 1. The quantitative estimate of drug-likeness (QED) is 0.914. The summed E-state index contributed by atoms with van der Waals surface area (Å²) >= 11 is 0. The molecule has 4 nitrogen and oxygen atoms in total. The number of aliphatic hydroxyl groups is 1. The van der Waals surface area contributed by atoms with Gasteiger partial charge in [0, 0.05) is 13.0 Å². The summed E-state index contributed by atoms with van der Waals surface area (Å²) in [6, 6.07) is 6.57. The van der Waals surface area contributed by atoms with Gasteiger partial charge in [0.1, 0.15) is 0 Å². The van der Waals surface area contributed by atoms with Crippen LogP contribution in [0.5, 0.6) is 5.75 Å². The molecule has 1 aromatic heterocycles. The normalized spacial score (nSPS) is 12.4. The lowest BCUT2D eigenvalue weighted by atomic mass is 10.0. The number of aromatic nitrogens is 2. The van der Waals surface area contributed by atoms with Crippen LogP contribution in [0, 0.1) is 12.7 Å². The van der Waals surface area contributed by atoms with Crippen molar-refractivity contribution in [2.24, 2.45) is 0 Å². The molecule has 0 aliphatic heterocycles. The minimum Gasteiger partial charge on any atom is -0.494 e. The molecule has 0 saturated heterocycles. The summed E-state index contributed by atoms with van der Waals surface area (Å²) in [5.41, 5.74) is 2.33. The van der Waals surface area contributed by atoms with Crippen molar-refractivity contribution in [1.29, 1.82) is 0 Å². The van der Waals surface area contributed by atoms with Crippen molar-refractivity contribution in [3.05, 3.63) is 47.0 Å². The predicted octanol–water partition coefficient (Wildman–Crippen LogP) is 2.64. The van der Waals surface area contributed by atoms with Gasteiger partial charge in [-0.3, -0.25) is 4.68 Å². The molecule has 0 amide bonds. The van der Waals surface area contributed by atoms with Crippen molar-refractivity contribution in [3.8, 4) is 5.75 Å². The number of rotatable bonds is 5. The Morgan fingerprint density at radius 1 is 1.40 bits per heavy atom. The molecule has 108 valence electrons. The average molecular weight is 278 g/mol. The van der Waals surface area contributed by atoms with Crippen LogP contribution in [0.3, 0.4) is 0 Å². The summed E-state index contributed by atoms with van der Waals surface area (Å²) in [4.78, 5) is 0. The number of aliphatic hydroxyl groups excluding tert-OH is 1. The van der Waals surface area contributed by atoms with Crippen molar-refractivity contribution in [2.45, 2.75) is 32.9 Å². The highest BCUT2D eigenvalue weighted by Crippen LogP contribution is 2.23. The predicted molar refractivity (Wildman–Crippen MR) is 74.3 cm³/mol. The third-order valence-corrected chi connectivity index (χ3v) is 3.22. The number of halogens is 1. The first-order chi connectivity index (χ1) is 9.55. The van der Waals surface area contributed by atoms with Gasteiger partial charge < -0.3 is 9.84 Å². The maximum absolute atomic E-state index is 13.6. The van der Waals surface area contributed by atoms with Crippen LogP contribution < -0.4 is 4.74 Å². The second-order valence-corrected chi connectivity index (χ2v) is 4.72. The van der Waals surface area contributed by atoms with Gasteiger partial charge in [0.15, 0.2) is 11.6 Å². The van der Waals surface area contributed by atoms with Crippen LogP contribution in [0.25, 0.3) is 0 Å².